The van der Waals surface area contributed by atoms with E-state index in [2.05, 4.69) is 0 Å². The zero-order chi connectivity index (χ0) is 13.1. The Morgan fingerprint density at radius 2 is 1.94 bits per heavy atom. The number of aryl methyl sites for hydroxylation is 1. The van der Waals surface area contributed by atoms with Gasteiger partial charge in [-0.3, -0.25) is 0 Å². The second-order valence-electron chi connectivity index (χ2n) is 3.88. The number of alkyl halides is 3. The average molecular weight is 248 g/mol. The Kier molecular flexibility index (Phi) is 4.40. The summed E-state index contributed by atoms with van der Waals surface area (Å²) in [5.74, 6) is -0.160. The van der Waals surface area contributed by atoms with Gasteiger partial charge in [0.05, 0.1) is 12.2 Å². The number of ether oxygens (including phenoxy) is 2. The van der Waals surface area contributed by atoms with Crippen molar-refractivity contribution in [3.05, 3.63) is 29.3 Å². The first-order valence-corrected chi connectivity index (χ1v) is 5.18. The molecule has 0 heterocycles. The Balaban J connectivity index is 2.99. The Labute approximate surface area is 98.3 Å². The van der Waals surface area contributed by atoms with Gasteiger partial charge in [-0.15, -0.1) is 0 Å². The molecule has 0 aromatic heterocycles. The van der Waals surface area contributed by atoms with E-state index in [9.17, 15) is 13.2 Å². The molecule has 0 amide bonds. The molecule has 0 spiro atoms. The van der Waals surface area contributed by atoms with Crippen LogP contribution in [-0.2, 0) is 10.9 Å². The van der Waals surface area contributed by atoms with E-state index in [1.54, 1.807) is 19.9 Å². The minimum absolute atomic E-state index is 0.160. The molecule has 0 saturated heterocycles. The third kappa shape index (κ3) is 3.93. The van der Waals surface area contributed by atoms with Crippen LogP contribution in [0.4, 0.5) is 13.2 Å². The highest BCUT2D eigenvalue weighted by Gasteiger charge is 2.34. The molecular weight excluding hydrogens is 233 g/mol. The maximum atomic E-state index is 12.8. The predicted molar refractivity (Wildman–Crippen MR) is 58.1 cm³/mol. The van der Waals surface area contributed by atoms with E-state index in [0.717, 1.165) is 6.07 Å². The summed E-state index contributed by atoms with van der Waals surface area (Å²) in [5.41, 5.74) is -0.204. The Morgan fingerprint density at radius 3 is 2.47 bits per heavy atom. The summed E-state index contributed by atoms with van der Waals surface area (Å²) >= 11 is 0. The topological polar surface area (TPSA) is 18.5 Å². The van der Waals surface area contributed by atoms with E-state index in [0.29, 0.717) is 5.56 Å². The van der Waals surface area contributed by atoms with Gasteiger partial charge in [-0.1, -0.05) is 11.6 Å². The molecule has 0 saturated carbocycles. The molecule has 1 atom stereocenters. The van der Waals surface area contributed by atoms with Gasteiger partial charge < -0.3 is 9.47 Å². The summed E-state index contributed by atoms with van der Waals surface area (Å²) in [5, 5.41) is 0. The van der Waals surface area contributed by atoms with E-state index >= 15 is 0 Å². The van der Waals surface area contributed by atoms with Crippen molar-refractivity contribution in [2.24, 2.45) is 0 Å². The van der Waals surface area contributed by atoms with Crippen LogP contribution >= 0.6 is 0 Å². The van der Waals surface area contributed by atoms with E-state index in [4.69, 9.17) is 9.47 Å². The first-order valence-electron chi connectivity index (χ1n) is 5.18. The number of hydrogen-bond donors (Lipinski definition) is 0. The van der Waals surface area contributed by atoms with Crippen molar-refractivity contribution < 1.29 is 22.6 Å². The molecule has 1 aromatic carbocycles. The fraction of sp³-hybridized carbons (Fsp3) is 0.500. The molecule has 96 valence electrons. The number of methoxy groups -OCH3 is 1. The zero-order valence-corrected chi connectivity index (χ0v) is 9.97. The average Bonchev–Trinajstić information content (AvgIpc) is 2.19. The van der Waals surface area contributed by atoms with Gasteiger partial charge in [0.25, 0.3) is 0 Å². The maximum absolute atomic E-state index is 12.8. The van der Waals surface area contributed by atoms with Gasteiger partial charge in [0, 0.05) is 7.11 Å². The minimum Gasteiger partial charge on any atom is -0.488 e. The Morgan fingerprint density at radius 1 is 1.29 bits per heavy atom. The van der Waals surface area contributed by atoms with E-state index in [1.165, 1.54) is 13.2 Å². The van der Waals surface area contributed by atoms with Crippen LogP contribution in [0.5, 0.6) is 5.75 Å². The van der Waals surface area contributed by atoms with Crippen LogP contribution in [0.1, 0.15) is 18.1 Å². The summed E-state index contributed by atoms with van der Waals surface area (Å²) < 4.78 is 48.3. The molecule has 17 heavy (non-hydrogen) atoms. The van der Waals surface area contributed by atoms with Gasteiger partial charge in [0.2, 0.25) is 0 Å². The van der Waals surface area contributed by atoms with Crippen molar-refractivity contribution in [3.63, 3.8) is 0 Å². The number of hydrogen-bond acceptors (Lipinski definition) is 2. The van der Waals surface area contributed by atoms with Gasteiger partial charge >= 0.3 is 6.18 Å². The van der Waals surface area contributed by atoms with Crippen LogP contribution in [0, 0.1) is 6.92 Å². The highest BCUT2D eigenvalue weighted by molar-refractivity contribution is 5.39. The molecule has 2 nitrogen and oxygen atoms in total. The summed E-state index contributed by atoms with van der Waals surface area (Å²) in [7, 11) is 1.47. The van der Waals surface area contributed by atoms with Crippen molar-refractivity contribution in [2.45, 2.75) is 26.1 Å². The van der Waals surface area contributed by atoms with Crippen LogP contribution < -0.4 is 4.74 Å². The molecule has 1 rings (SSSR count). The Bertz CT molecular complexity index is 375. The second kappa shape index (κ2) is 5.40. The summed E-state index contributed by atoms with van der Waals surface area (Å²) in [4.78, 5) is 0. The van der Waals surface area contributed by atoms with Crippen LogP contribution in [0.3, 0.4) is 0 Å². The molecule has 0 bridgehead atoms. The van der Waals surface area contributed by atoms with Gasteiger partial charge in [-0.25, -0.2) is 0 Å². The van der Waals surface area contributed by atoms with Gasteiger partial charge in [-0.05, 0) is 26.0 Å². The lowest BCUT2D eigenvalue weighted by Crippen LogP contribution is -2.20. The van der Waals surface area contributed by atoms with Crippen molar-refractivity contribution in [1.82, 2.24) is 0 Å². The van der Waals surface area contributed by atoms with Gasteiger partial charge in [-0.2, -0.15) is 13.2 Å². The molecule has 0 aliphatic carbocycles. The molecule has 0 unspecified atom stereocenters. The lowest BCUT2D eigenvalue weighted by atomic mass is 10.1. The highest BCUT2D eigenvalue weighted by atomic mass is 19.4. The quantitative estimate of drug-likeness (QED) is 0.812. The van der Waals surface area contributed by atoms with Crippen LogP contribution in [0.2, 0.25) is 0 Å². The van der Waals surface area contributed by atoms with Crippen molar-refractivity contribution >= 4 is 0 Å². The fourth-order valence-electron chi connectivity index (χ4n) is 1.45. The van der Waals surface area contributed by atoms with Crippen molar-refractivity contribution in [3.8, 4) is 5.75 Å². The van der Waals surface area contributed by atoms with Gasteiger partial charge in [0.1, 0.15) is 11.9 Å². The number of rotatable bonds is 4. The zero-order valence-electron chi connectivity index (χ0n) is 9.97. The molecule has 0 fully saturated rings. The van der Waals surface area contributed by atoms with E-state index in [1.807, 2.05) is 0 Å². The smallest absolute Gasteiger partial charge is 0.419 e. The fourth-order valence-corrected chi connectivity index (χ4v) is 1.45. The van der Waals surface area contributed by atoms with Crippen molar-refractivity contribution in [2.75, 3.05) is 13.7 Å². The summed E-state index contributed by atoms with van der Waals surface area (Å²) in [6, 6.07) is 4.00. The van der Waals surface area contributed by atoms with Gasteiger partial charge in [0.15, 0.2) is 0 Å². The van der Waals surface area contributed by atoms with Crippen LogP contribution in [0.15, 0.2) is 18.2 Å². The number of halogens is 3. The first-order chi connectivity index (χ1) is 7.84. The normalized spacial score (nSPS) is 13.5. The van der Waals surface area contributed by atoms with E-state index < -0.39 is 17.8 Å². The monoisotopic (exact) mass is 248 g/mol. The third-order valence-electron chi connectivity index (χ3n) is 2.17. The summed E-state index contributed by atoms with van der Waals surface area (Å²) in [6.45, 7) is 3.51. The first kappa shape index (κ1) is 13.8. The molecule has 5 heteroatoms. The molecule has 0 N–H and O–H groups in total. The van der Waals surface area contributed by atoms with Crippen LogP contribution in [-0.4, -0.2) is 19.8 Å². The van der Waals surface area contributed by atoms with Crippen LogP contribution in [0.25, 0.3) is 0 Å². The maximum Gasteiger partial charge on any atom is 0.419 e. The molecular formula is C12H15F3O2. The Hall–Kier alpha value is -1.23. The van der Waals surface area contributed by atoms with E-state index in [-0.39, 0.29) is 12.4 Å². The standard InChI is InChI=1S/C12H15F3O2/c1-8-4-5-11(17-9(2)7-16-3)10(6-8)12(13,14)15/h4-6,9H,7H2,1-3H3/t9-/m0/s1. The largest absolute Gasteiger partial charge is 0.488 e. The minimum atomic E-state index is -4.41. The lowest BCUT2D eigenvalue weighted by molar-refractivity contribution is -0.139. The van der Waals surface area contributed by atoms with Crippen molar-refractivity contribution in [1.29, 1.82) is 0 Å². The molecule has 0 radical (unpaired) electrons. The summed E-state index contributed by atoms with van der Waals surface area (Å²) in [6.07, 6.45) is -4.84. The second-order valence-corrected chi connectivity index (χ2v) is 3.88. The predicted octanol–water partition coefficient (Wildman–Crippen LogP) is 3.43. The number of benzene rings is 1. The SMILES string of the molecule is COC[C@H](C)Oc1ccc(C)cc1C(F)(F)F. The molecule has 0 aliphatic rings. The third-order valence-corrected chi connectivity index (χ3v) is 2.17. The molecule has 1 aromatic rings. The lowest BCUT2D eigenvalue weighted by Gasteiger charge is -2.18. The molecule has 0 aliphatic heterocycles. The highest BCUT2D eigenvalue weighted by Crippen LogP contribution is 2.37.